The Balaban J connectivity index is 1.74. The van der Waals surface area contributed by atoms with Gasteiger partial charge in [0.05, 0.1) is 0 Å². The molecule has 1 heterocycles. The van der Waals surface area contributed by atoms with Crippen molar-refractivity contribution in [3.63, 3.8) is 0 Å². The zero-order valence-electron chi connectivity index (χ0n) is 11.2. The Kier molecular flexibility index (Phi) is 2.32. The molecular formula is C15H20N2O2. The van der Waals surface area contributed by atoms with Gasteiger partial charge in [-0.25, -0.2) is 4.79 Å². The second-order valence-corrected chi connectivity index (χ2v) is 6.87. The lowest BCUT2D eigenvalue weighted by Gasteiger charge is -2.54. The van der Waals surface area contributed by atoms with Crippen molar-refractivity contribution in [1.29, 1.82) is 0 Å². The second-order valence-electron chi connectivity index (χ2n) is 6.87. The second kappa shape index (κ2) is 3.84. The first-order valence-corrected chi connectivity index (χ1v) is 7.38. The zero-order valence-corrected chi connectivity index (χ0v) is 11.2. The molecule has 4 aliphatic carbocycles. The quantitative estimate of drug-likeness (QED) is 0.889. The number of hydrogen-bond acceptors (Lipinski definition) is 2. The number of aromatic carboxylic acids is 1. The lowest BCUT2D eigenvalue weighted by atomic mass is 9.51. The van der Waals surface area contributed by atoms with Crippen molar-refractivity contribution in [3.8, 4) is 0 Å². The highest BCUT2D eigenvalue weighted by atomic mass is 16.4. The molecule has 5 rings (SSSR count). The van der Waals surface area contributed by atoms with Gasteiger partial charge < -0.3 is 5.11 Å². The average Bonchev–Trinajstić information content (AvgIpc) is 2.70. The number of aryl methyl sites for hydroxylation is 1. The van der Waals surface area contributed by atoms with E-state index in [2.05, 4.69) is 5.10 Å². The number of rotatable bonds is 2. The molecule has 0 amide bonds. The maximum Gasteiger partial charge on any atom is 0.356 e. The van der Waals surface area contributed by atoms with Crippen LogP contribution in [0, 0.1) is 23.7 Å². The molecule has 102 valence electrons. The van der Waals surface area contributed by atoms with Crippen molar-refractivity contribution in [1.82, 2.24) is 9.78 Å². The Bertz CT molecular complexity index is 506. The highest BCUT2D eigenvalue weighted by Crippen LogP contribution is 2.60. The Morgan fingerprint density at radius 2 is 1.79 bits per heavy atom. The van der Waals surface area contributed by atoms with Gasteiger partial charge in [0.15, 0.2) is 5.69 Å². The molecule has 19 heavy (non-hydrogen) atoms. The molecule has 1 N–H and O–H groups in total. The summed E-state index contributed by atoms with van der Waals surface area (Å²) < 4.78 is 1.67. The molecule has 4 nitrogen and oxygen atoms in total. The van der Waals surface area contributed by atoms with Crippen LogP contribution in [0.3, 0.4) is 0 Å². The van der Waals surface area contributed by atoms with Crippen LogP contribution in [0.4, 0.5) is 0 Å². The molecule has 0 unspecified atom stereocenters. The highest BCUT2D eigenvalue weighted by Gasteiger charge is 2.49. The van der Waals surface area contributed by atoms with E-state index in [1.165, 1.54) is 32.1 Å². The van der Waals surface area contributed by atoms with Crippen molar-refractivity contribution >= 4 is 5.97 Å². The zero-order chi connectivity index (χ0) is 13.1. The minimum atomic E-state index is -0.871. The summed E-state index contributed by atoms with van der Waals surface area (Å²) in [5, 5.41) is 13.5. The summed E-state index contributed by atoms with van der Waals surface area (Å²) in [6, 6.07) is 0. The molecule has 0 aliphatic heterocycles. The number of aromatic nitrogens is 2. The molecule has 0 aromatic carbocycles. The van der Waals surface area contributed by atoms with Gasteiger partial charge in [0, 0.05) is 18.8 Å². The number of hydrogen-bond donors (Lipinski definition) is 1. The summed E-state index contributed by atoms with van der Waals surface area (Å²) in [5.41, 5.74) is 1.30. The van der Waals surface area contributed by atoms with E-state index in [1.807, 2.05) is 13.2 Å². The Hall–Kier alpha value is -1.32. The molecule has 4 fully saturated rings. The predicted molar refractivity (Wildman–Crippen MR) is 70.0 cm³/mol. The summed E-state index contributed by atoms with van der Waals surface area (Å²) in [4.78, 5) is 11.4. The van der Waals surface area contributed by atoms with E-state index >= 15 is 0 Å². The lowest BCUT2D eigenvalue weighted by Crippen LogP contribution is -2.44. The van der Waals surface area contributed by atoms with Crippen LogP contribution in [-0.4, -0.2) is 20.9 Å². The number of nitrogens with zero attached hydrogens (tertiary/aromatic N) is 2. The summed E-state index contributed by atoms with van der Waals surface area (Å²) in [6.07, 6.45) is 8.63. The molecule has 0 atom stereocenters. The molecule has 0 saturated heterocycles. The maximum atomic E-state index is 11.4. The topological polar surface area (TPSA) is 55.1 Å². The molecule has 4 saturated carbocycles. The van der Waals surface area contributed by atoms with Crippen molar-refractivity contribution in [2.75, 3.05) is 0 Å². The third kappa shape index (κ3) is 1.65. The Morgan fingerprint density at radius 1 is 1.21 bits per heavy atom. The third-order valence-corrected chi connectivity index (χ3v) is 5.65. The first-order valence-electron chi connectivity index (χ1n) is 7.38. The average molecular weight is 260 g/mol. The van der Waals surface area contributed by atoms with Gasteiger partial charge in [0.25, 0.3) is 0 Å². The van der Waals surface area contributed by atoms with Gasteiger partial charge >= 0.3 is 5.97 Å². The van der Waals surface area contributed by atoms with Gasteiger partial charge in [-0.2, -0.15) is 5.10 Å². The van der Waals surface area contributed by atoms with E-state index in [-0.39, 0.29) is 0 Å². The normalized spacial score (nSPS) is 39.7. The summed E-state index contributed by atoms with van der Waals surface area (Å²) in [6.45, 7) is 0. The number of carbonyl (C=O) groups is 1. The molecule has 4 heteroatoms. The fraction of sp³-hybridized carbons (Fsp3) is 0.733. The SMILES string of the molecule is Cn1cc(C2C3CC4CC(C3)CC2C4)c(C(=O)O)n1. The van der Waals surface area contributed by atoms with E-state index in [1.54, 1.807) is 4.68 Å². The molecule has 0 spiro atoms. The minimum absolute atomic E-state index is 0.292. The van der Waals surface area contributed by atoms with E-state index in [9.17, 15) is 9.90 Å². The van der Waals surface area contributed by atoms with Gasteiger partial charge in [-0.1, -0.05) is 0 Å². The molecule has 1 aromatic rings. The monoisotopic (exact) mass is 260 g/mol. The van der Waals surface area contributed by atoms with Crippen LogP contribution in [0.2, 0.25) is 0 Å². The van der Waals surface area contributed by atoms with Gasteiger partial charge in [0.2, 0.25) is 0 Å². The van der Waals surface area contributed by atoms with E-state index in [0.29, 0.717) is 23.4 Å². The van der Waals surface area contributed by atoms with Crippen LogP contribution < -0.4 is 0 Å². The smallest absolute Gasteiger partial charge is 0.356 e. The van der Waals surface area contributed by atoms with E-state index < -0.39 is 5.97 Å². The molecule has 1 aromatic heterocycles. The Morgan fingerprint density at radius 3 is 2.32 bits per heavy atom. The van der Waals surface area contributed by atoms with Gasteiger partial charge in [-0.3, -0.25) is 4.68 Å². The number of carboxylic acid groups (broad SMARTS) is 1. The van der Waals surface area contributed by atoms with Crippen LogP contribution in [0.15, 0.2) is 6.20 Å². The standard InChI is InChI=1S/C15H20N2O2/c1-17-7-12(14(16-17)15(18)19)13-10-3-8-2-9(5-10)6-11(13)4-8/h7-11,13H,2-6H2,1H3,(H,18,19). The molecule has 4 aliphatic rings. The lowest BCUT2D eigenvalue weighted by molar-refractivity contribution is -0.00317. The van der Waals surface area contributed by atoms with Gasteiger partial charge in [-0.05, 0) is 61.7 Å². The summed E-state index contributed by atoms with van der Waals surface area (Å²) in [7, 11) is 1.83. The van der Waals surface area contributed by atoms with Crippen LogP contribution in [0.5, 0.6) is 0 Å². The van der Waals surface area contributed by atoms with Crippen LogP contribution in [0.1, 0.15) is 54.1 Å². The van der Waals surface area contributed by atoms with Crippen LogP contribution in [-0.2, 0) is 7.05 Å². The minimum Gasteiger partial charge on any atom is -0.476 e. The summed E-state index contributed by atoms with van der Waals surface area (Å²) in [5.74, 6) is 2.83. The number of carboxylic acids is 1. The third-order valence-electron chi connectivity index (χ3n) is 5.65. The molecule has 4 bridgehead atoms. The van der Waals surface area contributed by atoms with Crippen molar-refractivity contribution < 1.29 is 9.90 Å². The van der Waals surface area contributed by atoms with Crippen molar-refractivity contribution in [2.45, 2.75) is 38.0 Å². The van der Waals surface area contributed by atoms with Gasteiger partial charge in [-0.15, -0.1) is 0 Å². The predicted octanol–water partition coefficient (Wildman–Crippen LogP) is 2.66. The largest absolute Gasteiger partial charge is 0.476 e. The van der Waals surface area contributed by atoms with Gasteiger partial charge in [0.1, 0.15) is 0 Å². The van der Waals surface area contributed by atoms with Crippen LogP contribution in [0.25, 0.3) is 0 Å². The van der Waals surface area contributed by atoms with E-state index in [0.717, 1.165) is 17.4 Å². The summed E-state index contributed by atoms with van der Waals surface area (Å²) >= 11 is 0. The molecule has 0 radical (unpaired) electrons. The van der Waals surface area contributed by atoms with Crippen LogP contribution >= 0.6 is 0 Å². The highest BCUT2D eigenvalue weighted by molar-refractivity contribution is 5.87. The fourth-order valence-corrected chi connectivity index (χ4v) is 5.35. The van der Waals surface area contributed by atoms with E-state index in [4.69, 9.17) is 0 Å². The maximum absolute atomic E-state index is 11.4. The van der Waals surface area contributed by atoms with Crippen molar-refractivity contribution in [3.05, 3.63) is 17.5 Å². The Labute approximate surface area is 112 Å². The fourth-order valence-electron chi connectivity index (χ4n) is 5.35. The van der Waals surface area contributed by atoms with Crippen molar-refractivity contribution in [2.24, 2.45) is 30.7 Å². The molecular weight excluding hydrogens is 240 g/mol. The first kappa shape index (κ1) is 11.5. The first-order chi connectivity index (χ1) is 9.11.